The lowest BCUT2D eigenvalue weighted by Crippen LogP contribution is -2.05. The van der Waals surface area contributed by atoms with Crippen molar-refractivity contribution >= 4 is 12.0 Å². The SMILES string of the molecule is CNCCC=Cc1ccc(C(=O)OC)o1. The van der Waals surface area contributed by atoms with Crippen molar-refractivity contribution in [1.82, 2.24) is 5.32 Å². The van der Waals surface area contributed by atoms with Crippen molar-refractivity contribution < 1.29 is 13.9 Å². The van der Waals surface area contributed by atoms with Crippen molar-refractivity contribution in [2.75, 3.05) is 20.7 Å². The second kappa shape index (κ2) is 6.03. The number of esters is 1. The number of hydrogen-bond donors (Lipinski definition) is 1. The Labute approximate surface area is 88.9 Å². The Morgan fingerprint density at radius 2 is 2.40 bits per heavy atom. The van der Waals surface area contributed by atoms with Crippen LogP contribution >= 0.6 is 0 Å². The number of methoxy groups -OCH3 is 1. The molecular formula is C11H15NO3. The van der Waals surface area contributed by atoms with Gasteiger partial charge < -0.3 is 14.5 Å². The third-order valence-electron chi connectivity index (χ3n) is 1.86. The number of hydrogen-bond acceptors (Lipinski definition) is 4. The summed E-state index contributed by atoms with van der Waals surface area (Å²) in [6, 6.07) is 3.34. The zero-order valence-electron chi connectivity index (χ0n) is 8.95. The molecule has 0 fully saturated rings. The quantitative estimate of drug-likeness (QED) is 0.592. The van der Waals surface area contributed by atoms with Gasteiger partial charge in [0.25, 0.3) is 0 Å². The monoisotopic (exact) mass is 209 g/mol. The van der Waals surface area contributed by atoms with Crippen LogP contribution in [0.5, 0.6) is 0 Å². The largest absolute Gasteiger partial charge is 0.463 e. The van der Waals surface area contributed by atoms with Crippen molar-refractivity contribution in [3.63, 3.8) is 0 Å². The smallest absolute Gasteiger partial charge is 0.373 e. The van der Waals surface area contributed by atoms with E-state index in [0.29, 0.717) is 5.76 Å². The van der Waals surface area contributed by atoms with Crippen molar-refractivity contribution in [2.45, 2.75) is 6.42 Å². The first-order valence-corrected chi connectivity index (χ1v) is 4.77. The lowest BCUT2D eigenvalue weighted by Gasteiger charge is -1.92. The van der Waals surface area contributed by atoms with Gasteiger partial charge >= 0.3 is 5.97 Å². The minimum atomic E-state index is -0.454. The van der Waals surface area contributed by atoms with Crippen molar-refractivity contribution in [3.05, 3.63) is 29.7 Å². The second-order valence-electron chi connectivity index (χ2n) is 2.99. The molecule has 1 N–H and O–H groups in total. The van der Waals surface area contributed by atoms with E-state index in [-0.39, 0.29) is 5.76 Å². The normalized spacial score (nSPS) is 10.8. The topological polar surface area (TPSA) is 51.5 Å². The number of ether oxygens (including phenoxy) is 1. The Morgan fingerprint density at radius 3 is 3.07 bits per heavy atom. The standard InChI is InChI=1S/C11H15NO3/c1-12-8-4-3-5-9-6-7-10(15-9)11(13)14-2/h3,5-7,12H,4,8H2,1-2H3. The molecule has 0 bridgehead atoms. The van der Waals surface area contributed by atoms with E-state index in [1.165, 1.54) is 7.11 Å². The highest BCUT2D eigenvalue weighted by molar-refractivity contribution is 5.86. The van der Waals surface area contributed by atoms with Gasteiger partial charge in [-0.2, -0.15) is 0 Å². The summed E-state index contributed by atoms with van der Waals surface area (Å²) in [5.74, 6) is 0.433. The minimum absolute atomic E-state index is 0.228. The van der Waals surface area contributed by atoms with Crippen LogP contribution in [0, 0.1) is 0 Å². The molecule has 0 unspecified atom stereocenters. The Bertz CT molecular complexity index is 341. The lowest BCUT2D eigenvalue weighted by atomic mass is 10.3. The molecule has 0 saturated heterocycles. The van der Waals surface area contributed by atoms with E-state index < -0.39 is 5.97 Å². The van der Waals surface area contributed by atoms with Gasteiger partial charge in [-0.15, -0.1) is 0 Å². The van der Waals surface area contributed by atoms with E-state index >= 15 is 0 Å². The van der Waals surface area contributed by atoms with Crippen molar-refractivity contribution in [1.29, 1.82) is 0 Å². The maximum absolute atomic E-state index is 11.1. The number of nitrogens with one attached hydrogen (secondary N) is 1. The van der Waals surface area contributed by atoms with Crippen LogP contribution in [-0.4, -0.2) is 26.7 Å². The highest BCUT2D eigenvalue weighted by atomic mass is 16.5. The molecule has 0 spiro atoms. The predicted molar refractivity (Wildman–Crippen MR) is 57.6 cm³/mol. The first kappa shape index (κ1) is 11.5. The van der Waals surface area contributed by atoms with Gasteiger partial charge in [-0.1, -0.05) is 6.08 Å². The van der Waals surface area contributed by atoms with E-state index in [4.69, 9.17) is 4.42 Å². The maximum Gasteiger partial charge on any atom is 0.373 e. The van der Waals surface area contributed by atoms with Crippen LogP contribution in [0.1, 0.15) is 22.7 Å². The average molecular weight is 209 g/mol. The van der Waals surface area contributed by atoms with E-state index in [0.717, 1.165) is 13.0 Å². The first-order chi connectivity index (χ1) is 7.27. The van der Waals surface area contributed by atoms with Gasteiger partial charge in [-0.25, -0.2) is 4.79 Å². The summed E-state index contributed by atoms with van der Waals surface area (Å²) in [6.07, 6.45) is 4.74. The van der Waals surface area contributed by atoms with Gasteiger partial charge in [0.2, 0.25) is 5.76 Å². The minimum Gasteiger partial charge on any atom is -0.463 e. The fourth-order valence-corrected chi connectivity index (χ4v) is 1.08. The molecule has 82 valence electrons. The molecule has 0 aliphatic carbocycles. The molecule has 1 aromatic heterocycles. The summed E-state index contributed by atoms with van der Waals surface area (Å²) in [7, 11) is 3.23. The number of furan rings is 1. The molecule has 1 rings (SSSR count). The number of rotatable bonds is 5. The molecule has 4 heteroatoms. The zero-order valence-corrected chi connectivity index (χ0v) is 8.95. The van der Waals surface area contributed by atoms with Crippen LogP contribution in [0.25, 0.3) is 6.08 Å². The first-order valence-electron chi connectivity index (χ1n) is 4.77. The van der Waals surface area contributed by atoms with E-state index in [9.17, 15) is 4.79 Å². The Morgan fingerprint density at radius 1 is 1.60 bits per heavy atom. The summed E-state index contributed by atoms with van der Waals surface area (Å²) in [5.41, 5.74) is 0. The molecule has 1 aromatic rings. The summed E-state index contributed by atoms with van der Waals surface area (Å²) in [4.78, 5) is 11.1. The third-order valence-corrected chi connectivity index (χ3v) is 1.86. The third kappa shape index (κ3) is 3.59. The highest BCUT2D eigenvalue weighted by Gasteiger charge is 2.08. The van der Waals surface area contributed by atoms with Crippen LogP contribution in [-0.2, 0) is 4.74 Å². The maximum atomic E-state index is 11.1. The lowest BCUT2D eigenvalue weighted by molar-refractivity contribution is 0.0564. The molecule has 0 amide bonds. The van der Waals surface area contributed by atoms with E-state index in [1.54, 1.807) is 12.1 Å². The fraction of sp³-hybridized carbons (Fsp3) is 0.364. The molecule has 0 aliphatic rings. The molecule has 0 radical (unpaired) electrons. The average Bonchev–Trinajstić information content (AvgIpc) is 2.72. The van der Waals surface area contributed by atoms with E-state index in [2.05, 4.69) is 10.1 Å². The molecular weight excluding hydrogens is 194 g/mol. The summed E-state index contributed by atoms with van der Waals surface area (Å²) < 4.78 is 9.76. The fourth-order valence-electron chi connectivity index (χ4n) is 1.08. The Balaban J connectivity index is 2.52. The molecule has 1 heterocycles. The summed E-state index contributed by atoms with van der Waals surface area (Å²) >= 11 is 0. The molecule has 0 aliphatic heterocycles. The molecule has 4 nitrogen and oxygen atoms in total. The van der Waals surface area contributed by atoms with Gasteiger partial charge in [-0.05, 0) is 38.2 Å². The number of carbonyl (C=O) groups is 1. The van der Waals surface area contributed by atoms with Gasteiger partial charge in [0.15, 0.2) is 0 Å². The van der Waals surface area contributed by atoms with Gasteiger partial charge in [-0.3, -0.25) is 0 Å². The Hall–Kier alpha value is -1.55. The highest BCUT2D eigenvalue weighted by Crippen LogP contribution is 2.10. The van der Waals surface area contributed by atoms with Crippen LogP contribution in [0.4, 0.5) is 0 Å². The molecule has 15 heavy (non-hydrogen) atoms. The van der Waals surface area contributed by atoms with Gasteiger partial charge in [0.1, 0.15) is 5.76 Å². The van der Waals surface area contributed by atoms with Crippen LogP contribution in [0.3, 0.4) is 0 Å². The van der Waals surface area contributed by atoms with Crippen molar-refractivity contribution in [3.8, 4) is 0 Å². The Kier molecular flexibility index (Phi) is 4.63. The van der Waals surface area contributed by atoms with Crippen LogP contribution in [0.15, 0.2) is 22.6 Å². The molecule has 0 atom stereocenters. The predicted octanol–water partition coefficient (Wildman–Crippen LogP) is 1.69. The summed E-state index contributed by atoms with van der Waals surface area (Å²) in [6.45, 7) is 0.918. The van der Waals surface area contributed by atoms with Crippen LogP contribution < -0.4 is 5.32 Å². The van der Waals surface area contributed by atoms with Crippen molar-refractivity contribution in [2.24, 2.45) is 0 Å². The summed E-state index contributed by atoms with van der Waals surface area (Å²) in [5, 5.41) is 3.03. The van der Waals surface area contributed by atoms with Gasteiger partial charge in [0.05, 0.1) is 7.11 Å². The number of carbonyl (C=O) groups excluding carboxylic acids is 1. The molecule has 0 aromatic carbocycles. The zero-order chi connectivity index (χ0) is 11.1. The van der Waals surface area contributed by atoms with Crippen LogP contribution in [0.2, 0.25) is 0 Å². The second-order valence-corrected chi connectivity index (χ2v) is 2.99. The van der Waals surface area contributed by atoms with E-state index in [1.807, 2.05) is 19.2 Å². The van der Waals surface area contributed by atoms with Gasteiger partial charge in [0, 0.05) is 0 Å². The molecule has 0 saturated carbocycles.